The van der Waals surface area contributed by atoms with Crippen molar-refractivity contribution in [1.82, 2.24) is 9.97 Å². The minimum absolute atomic E-state index is 0.180. The average Bonchev–Trinajstić information content (AvgIpc) is 2.77. The first kappa shape index (κ1) is 25.0. The number of aromatic nitrogens is 2. The summed E-state index contributed by atoms with van der Waals surface area (Å²) in [5.74, 6) is 1.04. The van der Waals surface area contributed by atoms with Crippen molar-refractivity contribution < 1.29 is 9.18 Å². The molecule has 1 aromatic heterocycles. The zero-order chi connectivity index (χ0) is 22.4. The number of alkyl halides is 1. The predicted molar refractivity (Wildman–Crippen MR) is 122 cm³/mol. The fourth-order valence-electron chi connectivity index (χ4n) is 2.69. The standard InChI is InChI=1S/C14H23N3.C8H10FN3O/c1-4-11-6-7-13(10-12(11)5-2)17-9-8-14(15)16-3;1-6-7(5-13)4-11-8(12-6)10-3-2-9/h6-7,10,17H,4-5,8-9H2,1-3H3,(H2,15,16);4-5H,2-3H2,1H3,(H,10,11,12). The van der Waals surface area contributed by atoms with E-state index in [1.54, 1.807) is 14.0 Å². The number of hydrogen-bond acceptors (Lipinski definition) is 6. The van der Waals surface area contributed by atoms with E-state index in [0.29, 0.717) is 29.3 Å². The lowest BCUT2D eigenvalue weighted by Crippen LogP contribution is -2.16. The predicted octanol–water partition coefficient (Wildman–Crippen LogP) is 3.58. The van der Waals surface area contributed by atoms with E-state index >= 15 is 0 Å². The number of nitrogens with zero attached hydrogens (tertiary/aromatic N) is 3. The monoisotopic (exact) mass is 416 g/mol. The van der Waals surface area contributed by atoms with Gasteiger partial charge in [-0.2, -0.15) is 0 Å². The highest BCUT2D eigenvalue weighted by Gasteiger charge is 2.02. The molecule has 7 nitrogen and oxygen atoms in total. The largest absolute Gasteiger partial charge is 0.387 e. The number of aliphatic imine (C=N–C) groups is 1. The van der Waals surface area contributed by atoms with Crippen LogP contribution in [0.2, 0.25) is 0 Å². The van der Waals surface area contributed by atoms with E-state index in [1.165, 1.54) is 23.0 Å². The van der Waals surface area contributed by atoms with Crippen LogP contribution in [-0.4, -0.2) is 48.9 Å². The molecule has 0 saturated carbocycles. The van der Waals surface area contributed by atoms with Crippen LogP contribution in [-0.2, 0) is 12.8 Å². The Kier molecular flexibility index (Phi) is 11.7. The maximum Gasteiger partial charge on any atom is 0.222 e. The van der Waals surface area contributed by atoms with Crippen molar-refractivity contribution in [3.63, 3.8) is 0 Å². The van der Waals surface area contributed by atoms with Crippen LogP contribution in [0.5, 0.6) is 0 Å². The molecule has 0 bridgehead atoms. The third kappa shape index (κ3) is 8.55. The molecule has 0 atom stereocenters. The average molecular weight is 417 g/mol. The topological polar surface area (TPSA) is 105 Å². The summed E-state index contributed by atoms with van der Waals surface area (Å²) in [5, 5.41) is 6.05. The Labute approximate surface area is 178 Å². The first-order valence-corrected chi connectivity index (χ1v) is 10.1. The van der Waals surface area contributed by atoms with E-state index in [2.05, 4.69) is 57.6 Å². The molecule has 30 heavy (non-hydrogen) atoms. The SMILES string of the molecule is CCc1ccc(NCCC(N)=NC)cc1CC.Cc1nc(NCCF)ncc1C=O. The molecule has 8 heteroatoms. The Morgan fingerprint density at radius 3 is 2.50 bits per heavy atom. The van der Waals surface area contributed by atoms with Crippen LogP contribution in [0.15, 0.2) is 29.4 Å². The number of nitrogens with two attached hydrogens (primary N) is 1. The van der Waals surface area contributed by atoms with Gasteiger partial charge in [0.25, 0.3) is 0 Å². The molecule has 1 aromatic carbocycles. The number of benzene rings is 1. The van der Waals surface area contributed by atoms with Crippen molar-refractivity contribution in [2.75, 3.05) is 37.4 Å². The van der Waals surface area contributed by atoms with Crippen LogP contribution in [0.4, 0.5) is 16.0 Å². The smallest absolute Gasteiger partial charge is 0.222 e. The summed E-state index contributed by atoms with van der Waals surface area (Å²) in [7, 11) is 1.72. The van der Waals surface area contributed by atoms with Gasteiger partial charge in [-0.15, -0.1) is 0 Å². The molecule has 2 aromatic rings. The number of nitrogens with one attached hydrogen (secondary N) is 2. The van der Waals surface area contributed by atoms with Crippen molar-refractivity contribution in [3.8, 4) is 0 Å². The normalized spacial score (nSPS) is 10.8. The highest BCUT2D eigenvalue weighted by atomic mass is 19.1. The minimum Gasteiger partial charge on any atom is -0.387 e. The molecule has 0 aliphatic carbocycles. The molecule has 0 aliphatic rings. The van der Waals surface area contributed by atoms with E-state index < -0.39 is 6.67 Å². The van der Waals surface area contributed by atoms with E-state index in [9.17, 15) is 9.18 Å². The third-order valence-electron chi connectivity index (χ3n) is 4.49. The molecule has 164 valence electrons. The van der Waals surface area contributed by atoms with Gasteiger partial charge in [0.1, 0.15) is 6.67 Å². The summed E-state index contributed by atoms with van der Waals surface area (Å²) < 4.78 is 11.8. The van der Waals surface area contributed by atoms with Gasteiger partial charge in [-0.25, -0.2) is 14.4 Å². The van der Waals surface area contributed by atoms with Crippen LogP contribution in [0, 0.1) is 6.92 Å². The van der Waals surface area contributed by atoms with Gasteiger partial charge >= 0.3 is 0 Å². The lowest BCUT2D eigenvalue weighted by atomic mass is 10.0. The third-order valence-corrected chi connectivity index (χ3v) is 4.49. The zero-order valence-electron chi connectivity index (χ0n) is 18.3. The number of halogens is 1. The van der Waals surface area contributed by atoms with Gasteiger partial charge in [0, 0.05) is 38.4 Å². The highest BCUT2D eigenvalue weighted by molar-refractivity contribution is 5.80. The van der Waals surface area contributed by atoms with E-state index in [-0.39, 0.29) is 6.54 Å². The van der Waals surface area contributed by atoms with Crippen LogP contribution in [0.25, 0.3) is 0 Å². The van der Waals surface area contributed by atoms with Gasteiger partial charge in [-0.05, 0) is 43.0 Å². The lowest BCUT2D eigenvalue weighted by Gasteiger charge is -2.11. The Bertz CT molecular complexity index is 825. The molecule has 0 radical (unpaired) electrons. The fourth-order valence-corrected chi connectivity index (χ4v) is 2.69. The zero-order valence-corrected chi connectivity index (χ0v) is 18.3. The number of carbonyl (C=O) groups is 1. The Morgan fingerprint density at radius 1 is 1.20 bits per heavy atom. The Morgan fingerprint density at radius 2 is 1.93 bits per heavy atom. The van der Waals surface area contributed by atoms with E-state index in [0.717, 1.165) is 25.8 Å². The van der Waals surface area contributed by atoms with E-state index in [4.69, 9.17) is 5.73 Å². The van der Waals surface area contributed by atoms with E-state index in [1.807, 2.05) is 0 Å². The number of carbonyl (C=O) groups excluding carboxylic acids is 1. The molecule has 0 aliphatic heterocycles. The molecule has 0 unspecified atom stereocenters. The number of anilines is 2. The van der Waals surface area contributed by atoms with Crippen molar-refractivity contribution >= 4 is 23.8 Å². The number of aldehydes is 1. The summed E-state index contributed by atoms with van der Waals surface area (Å²) in [5.41, 5.74) is 10.7. The lowest BCUT2D eigenvalue weighted by molar-refractivity contribution is 0.112. The number of hydrogen-bond donors (Lipinski definition) is 3. The van der Waals surface area contributed by atoms with Crippen LogP contribution < -0.4 is 16.4 Å². The number of aryl methyl sites for hydroxylation is 3. The molecule has 0 spiro atoms. The minimum atomic E-state index is -0.474. The summed E-state index contributed by atoms with van der Waals surface area (Å²) in [6.45, 7) is 6.63. The summed E-state index contributed by atoms with van der Waals surface area (Å²) in [6, 6.07) is 6.58. The van der Waals surface area contributed by atoms with Gasteiger partial charge in [-0.1, -0.05) is 19.9 Å². The number of amidine groups is 1. The second kappa shape index (κ2) is 14.0. The van der Waals surface area contributed by atoms with Gasteiger partial charge in [-0.3, -0.25) is 9.79 Å². The molecule has 4 N–H and O–H groups in total. The Hall–Kier alpha value is -3.03. The first-order chi connectivity index (χ1) is 14.5. The Balaban J connectivity index is 0.000000311. The maximum absolute atomic E-state index is 11.8. The summed E-state index contributed by atoms with van der Waals surface area (Å²) >= 11 is 0. The van der Waals surface area contributed by atoms with Crippen LogP contribution in [0.3, 0.4) is 0 Å². The second-order valence-electron chi connectivity index (χ2n) is 6.55. The molecule has 0 fully saturated rings. The quantitative estimate of drug-likeness (QED) is 0.311. The fraction of sp³-hybridized carbons (Fsp3) is 0.455. The van der Waals surface area contributed by atoms with Crippen molar-refractivity contribution in [2.24, 2.45) is 10.7 Å². The molecular weight excluding hydrogens is 383 g/mol. The maximum atomic E-state index is 11.8. The van der Waals surface area contributed by atoms with Gasteiger partial charge < -0.3 is 16.4 Å². The van der Waals surface area contributed by atoms with Crippen molar-refractivity contribution in [1.29, 1.82) is 0 Å². The summed E-state index contributed by atoms with van der Waals surface area (Å²) in [6.07, 6.45) is 5.06. The molecular formula is C22H33FN6O. The molecule has 1 heterocycles. The van der Waals surface area contributed by atoms with Crippen molar-refractivity contribution in [2.45, 2.75) is 40.0 Å². The molecule has 0 amide bonds. The van der Waals surface area contributed by atoms with Gasteiger partial charge in [0.15, 0.2) is 6.29 Å². The molecule has 0 saturated heterocycles. The van der Waals surface area contributed by atoms with Gasteiger partial charge in [0.05, 0.1) is 17.1 Å². The first-order valence-electron chi connectivity index (χ1n) is 10.1. The van der Waals surface area contributed by atoms with Crippen LogP contribution >= 0.6 is 0 Å². The summed E-state index contributed by atoms with van der Waals surface area (Å²) in [4.78, 5) is 22.1. The number of rotatable bonds is 10. The van der Waals surface area contributed by atoms with Gasteiger partial charge in [0.2, 0.25) is 5.95 Å². The van der Waals surface area contributed by atoms with Crippen LogP contribution in [0.1, 0.15) is 47.4 Å². The highest BCUT2D eigenvalue weighted by Crippen LogP contribution is 2.17. The second-order valence-corrected chi connectivity index (χ2v) is 6.55. The van der Waals surface area contributed by atoms with Crippen molar-refractivity contribution in [3.05, 3.63) is 46.8 Å². The molecule has 2 rings (SSSR count).